The fraction of sp³-hybridized carbons (Fsp3) is 1.00. The van der Waals surface area contributed by atoms with Crippen LogP contribution in [-0.2, 0) is 4.74 Å². The molecule has 0 aromatic heterocycles. The summed E-state index contributed by atoms with van der Waals surface area (Å²) in [7, 11) is 4.16. The van der Waals surface area contributed by atoms with E-state index in [1.807, 2.05) is 7.11 Å². The number of nitrogens with one attached hydrogen (secondary N) is 1. The molecule has 4 unspecified atom stereocenters. The lowest BCUT2D eigenvalue weighted by molar-refractivity contribution is -0.102. The molecule has 1 saturated carbocycles. The van der Waals surface area contributed by atoms with Crippen LogP contribution in [0.4, 0.5) is 0 Å². The van der Waals surface area contributed by atoms with Crippen LogP contribution in [0.15, 0.2) is 0 Å². The molecule has 2 heterocycles. The van der Waals surface area contributed by atoms with Gasteiger partial charge < -0.3 is 15.0 Å². The third-order valence-electron chi connectivity index (χ3n) is 6.00. The number of piperidine rings is 1. The predicted molar refractivity (Wildman–Crippen MR) is 73.7 cm³/mol. The lowest BCUT2D eigenvalue weighted by atomic mass is 9.64. The van der Waals surface area contributed by atoms with E-state index in [1.54, 1.807) is 0 Å². The minimum Gasteiger partial charge on any atom is -0.381 e. The fourth-order valence-corrected chi connectivity index (χ4v) is 4.40. The Hall–Kier alpha value is -0.120. The molecule has 18 heavy (non-hydrogen) atoms. The van der Waals surface area contributed by atoms with Gasteiger partial charge in [0.1, 0.15) is 0 Å². The Balaban J connectivity index is 1.56. The number of rotatable bonds is 3. The van der Waals surface area contributed by atoms with Crippen LogP contribution in [0.5, 0.6) is 0 Å². The summed E-state index contributed by atoms with van der Waals surface area (Å²) in [6.45, 7) is 4.68. The molecular formula is C15H28N2O. The van der Waals surface area contributed by atoms with Crippen molar-refractivity contribution in [3.8, 4) is 0 Å². The van der Waals surface area contributed by atoms with Crippen LogP contribution >= 0.6 is 0 Å². The molecule has 104 valence electrons. The Labute approximate surface area is 111 Å². The molecule has 0 radical (unpaired) electrons. The minimum absolute atomic E-state index is 0.303. The predicted octanol–water partition coefficient (Wildman–Crippen LogP) is 2.01. The second kappa shape index (κ2) is 4.46. The average Bonchev–Trinajstić information content (AvgIpc) is 2.56. The van der Waals surface area contributed by atoms with Crippen molar-refractivity contribution in [2.24, 2.45) is 5.41 Å². The standard InChI is InChI=1S/C15H28N2O/c1-15(2)13(9-14(15)18-4)16-10-7-11-5-6-12(8-10)17(11)3/h10-14,16H,5-9H2,1-4H3. The van der Waals surface area contributed by atoms with Gasteiger partial charge in [-0.3, -0.25) is 0 Å². The fourth-order valence-electron chi connectivity index (χ4n) is 4.40. The summed E-state index contributed by atoms with van der Waals surface area (Å²) >= 11 is 0. The molecular weight excluding hydrogens is 224 g/mol. The number of ether oxygens (including phenoxy) is 1. The van der Waals surface area contributed by atoms with E-state index in [2.05, 4.69) is 31.1 Å². The van der Waals surface area contributed by atoms with Gasteiger partial charge >= 0.3 is 0 Å². The zero-order valence-electron chi connectivity index (χ0n) is 12.3. The van der Waals surface area contributed by atoms with Crippen LogP contribution in [0.2, 0.25) is 0 Å². The van der Waals surface area contributed by atoms with Gasteiger partial charge in [0.05, 0.1) is 6.10 Å². The van der Waals surface area contributed by atoms with E-state index in [1.165, 1.54) is 32.1 Å². The monoisotopic (exact) mass is 252 g/mol. The van der Waals surface area contributed by atoms with Crippen molar-refractivity contribution >= 4 is 0 Å². The molecule has 3 heteroatoms. The van der Waals surface area contributed by atoms with E-state index >= 15 is 0 Å². The van der Waals surface area contributed by atoms with Gasteiger partial charge in [-0.2, -0.15) is 0 Å². The van der Waals surface area contributed by atoms with Crippen LogP contribution in [0.25, 0.3) is 0 Å². The van der Waals surface area contributed by atoms with Gasteiger partial charge in [-0.15, -0.1) is 0 Å². The minimum atomic E-state index is 0.303. The van der Waals surface area contributed by atoms with Crippen LogP contribution in [-0.4, -0.2) is 49.3 Å². The molecule has 2 bridgehead atoms. The largest absolute Gasteiger partial charge is 0.381 e. The van der Waals surface area contributed by atoms with E-state index in [4.69, 9.17) is 4.74 Å². The molecule has 2 saturated heterocycles. The van der Waals surface area contributed by atoms with Crippen LogP contribution < -0.4 is 5.32 Å². The van der Waals surface area contributed by atoms with Gasteiger partial charge in [0.25, 0.3) is 0 Å². The summed E-state index contributed by atoms with van der Waals surface area (Å²) in [6, 6.07) is 3.06. The summed E-state index contributed by atoms with van der Waals surface area (Å²) in [6.07, 6.45) is 7.14. The average molecular weight is 252 g/mol. The third kappa shape index (κ3) is 1.91. The topological polar surface area (TPSA) is 24.5 Å². The van der Waals surface area contributed by atoms with Crippen molar-refractivity contribution < 1.29 is 4.74 Å². The first kappa shape index (κ1) is 12.9. The van der Waals surface area contributed by atoms with E-state index in [0.717, 1.165) is 18.1 Å². The maximum Gasteiger partial charge on any atom is 0.0652 e. The zero-order chi connectivity index (χ0) is 12.9. The Morgan fingerprint density at radius 1 is 1.11 bits per heavy atom. The van der Waals surface area contributed by atoms with E-state index in [-0.39, 0.29) is 0 Å². The van der Waals surface area contributed by atoms with Gasteiger partial charge in [0.2, 0.25) is 0 Å². The molecule has 1 N–H and O–H groups in total. The zero-order valence-corrected chi connectivity index (χ0v) is 12.3. The Morgan fingerprint density at radius 3 is 2.22 bits per heavy atom. The normalized spacial score (nSPS) is 47.0. The Morgan fingerprint density at radius 2 is 1.72 bits per heavy atom. The van der Waals surface area contributed by atoms with Gasteiger partial charge in [-0.1, -0.05) is 13.8 Å². The van der Waals surface area contributed by atoms with Crippen molar-refractivity contribution in [3.05, 3.63) is 0 Å². The highest BCUT2D eigenvalue weighted by Gasteiger charge is 2.50. The molecule has 0 aromatic carbocycles. The first-order valence-corrected chi connectivity index (χ1v) is 7.53. The number of hydrogen-bond acceptors (Lipinski definition) is 3. The van der Waals surface area contributed by atoms with Crippen LogP contribution in [0.1, 0.15) is 46.0 Å². The lowest BCUT2D eigenvalue weighted by Crippen LogP contribution is -2.63. The maximum atomic E-state index is 5.54. The second-order valence-electron chi connectivity index (χ2n) is 7.22. The Bertz CT molecular complexity index is 304. The number of methoxy groups -OCH3 is 1. The van der Waals surface area contributed by atoms with Crippen LogP contribution in [0.3, 0.4) is 0 Å². The second-order valence-corrected chi connectivity index (χ2v) is 7.22. The molecule has 0 spiro atoms. The summed E-state index contributed by atoms with van der Waals surface area (Å²) in [4.78, 5) is 2.61. The smallest absolute Gasteiger partial charge is 0.0652 e. The first-order valence-electron chi connectivity index (χ1n) is 7.53. The number of hydrogen-bond donors (Lipinski definition) is 1. The highest BCUT2D eigenvalue weighted by Crippen LogP contribution is 2.44. The first-order chi connectivity index (χ1) is 8.52. The molecule has 4 atom stereocenters. The highest BCUT2D eigenvalue weighted by molar-refractivity contribution is 5.05. The molecule has 0 amide bonds. The third-order valence-corrected chi connectivity index (χ3v) is 6.00. The molecule has 1 aliphatic carbocycles. The van der Waals surface area contributed by atoms with Gasteiger partial charge in [-0.05, 0) is 39.2 Å². The summed E-state index contributed by atoms with van der Waals surface area (Å²) < 4.78 is 5.54. The SMILES string of the molecule is COC1CC(NC2CC3CCC(C2)N3C)C1(C)C. The van der Waals surface area contributed by atoms with Crippen molar-refractivity contribution in [3.63, 3.8) is 0 Å². The van der Waals surface area contributed by atoms with E-state index < -0.39 is 0 Å². The summed E-state index contributed by atoms with van der Waals surface area (Å²) in [5.41, 5.74) is 0.303. The van der Waals surface area contributed by atoms with E-state index in [0.29, 0.717) is 17.6 Å². The Kier molecular flexibility index (Phi) is 3.20. The maximum absolute atomic E-state index is 5.54. The quantitative estimate of drug-likeness (QED) is 0.831. The van der Waals surface area contributed by atoms with Crippen LogP contribution in [0, 0.1) is 5.41 Å². The summed E-state index contributed by atoms with van der Waals surface area (Å²) in [5, 5.41) is 3.92. The number of fused-ring (bicyclic) bond motifs is 2. The number of nitrogens with zero attached hydrogens (tertiary/aromatic N) is 1. The molecule has 3 aliphatic rings. The van der Waals surface area contributed by atoms with Gasteiger partial charge in [-0.25, -0.2) is 0 Å². The van der Waals surface area contributed by atoms with Crippen molar-refractivity contribution in [1.82, 2.24) is 10.2 Å². The lowest BCUT2D eigenvalue weighted by Gasteiger charge is -2.53. The highest BCUT2D eigenvalue weighted by atomic mass is 16.5. The molecule has 2 aliphatic heterocycles. The van der Waals surface area contributed by atoms with Gasteiger partial charge in [0, 0.05) is 36.7 Å². The van der Waals surface area contributed by atoms with E-state index in [9.17, 15) is 0 Å². The van der Waals surface area contributed by atoms with Crippen molar-refractivity contribution in [1.29, 1.82) is 0 Å². The van der Waals surface area contributed by atoms with Crippen molar-refractivity contribution in [2.45, 2.75) is 76.2 Å². The summed E-state index contributed by atoms with van der Waals surface area (Å²) in [5.74, 6) is 0. The molecule has 3 fully saturated rings. The van der Waals surface area contributed by atoms with Gasteiger partial charge in [0.15, 0.2) is 0 Å². The van der Waals surface area contributed by atoms with Crippen molar-refractivity contribution in [2.75, 3.05) is 14.2 Å². The molecule has 0 aromatic rings. The molecule has 3 nitrogen and oxygen atoms in total. The molecule has 3 rings (SSSR count).